The summed E-state index contributed by atoms with van der Waals surface area (Å²) < 4.78 is 11.3. The number of aryl methyl sites for hydroxylation is 2. The summed E-state index contributed by atoms with van der Waals surface area (Å²) in [7, 11) is 1.60. The van der Waals surface area contributed by atoms with Gasteiger partial charge in [0.05, 0.1) is 37.1 Å². The number of ketones is 1. The number of fused-ring (bicyclic) bond motifs is 1. The normalized spacial score (nSPS) is 16.1. The molecule has 0 atom stereocenters. The number of aromatic amines is 1. The smallest absolute Gasteiger partial charge is 0.260 e. The number of nitrogen functional groups attached to an aromatic ring is 1. The van der Waals surface area contributed by atoms with Gasteiger partial charge in [0.2, 0.25) is 5.95 Å². The number of H-pyrrole nitrogens is 1. The lowest BCUT2D eigenvalue weighted by atomic mass is 10.0. The molecule has 12 heteroatoms. The van der Waals surface area contributed by atoms with Crippen LogP contribution in [0.5, 0.6) is 5.75 Å². The van der Waals surface area contributed by atoms with E-state index >= 15 is 0 Å². The highest BCUT2D eigenvalue weighted by molar-refractivity contribution is 6.41. The zero-order valence-corrected chi connectivity index (χ0v) is 25.4. The number of likely N-dealkylation sites (tertiary alicyclic amines) is 1. The average Bonchev–Trinajstić information content (AvgIpc) is 3.62. The Morgan fingerprint density at radius 3 is 2.62 bits per heavy atom. The number of hydrogen-bond donors (Lipinski definition) is 2. The molecule has 5 heterocycles. The number of aromatic nitrogens is 4. The van der Waals surface area contributed by atoms with Crippen molar-refractivity contribution in [3.8, 4) is 5.75 Å². The highest BCUT2D eigenvalue weighted by Gasteiger charge is 2.38. The maximum absolute atomic E-state index is 13.9. The number of nitrogens with zero attached hydrogens (tertiary/aromatic N) is 5. The van der Waals surface area contributed by atoms with Gasteiger partial charge >= 0.3 is 0 Å². The van der Waals surface area contributed by atoms with Gasteiger partial charge in [0.25, 0.3) is 5.91 Å². The summed E-state index contributed by atoms with van der Waals surface area (Å²) in [5, 5.41) is 0.0643. The molecule has 0 saturated carbocycles. The van der Waals surface area contributed by atoms with Crippen molar-refractivity contribution in [1.82, 2.24) is 24.8 Å². The van der Waals surface area contributed by atoms with Gasteiger partial charge in [0.15, 0.2) is 11.6 Å². The quantitative estimate of drug-likeness (QED) is 0.154. The van der Waals surface area contributed by atoms with Crippen LogP contribution < -0.4 is 15.4 Å². The number of nitrogens with one attached hydrogen (secondary N) is 1. The minimum atomic E-state index is -0.336. The average molecular weight is 594 g/mol. The van der Waals surface area contributed by atoms with E-state index < -0.39 is 0 Å². The number of carbonyl (C=O) groups excluding carboxylic acids is 2. The van der Waals surface area contributed by atoms with Crippen LogP contribution in [0.25, 0.3) is 11.6 Å². The number of amides is 1. The van der Waals surface area contributed by atoms with Crippen LogP contribution in [0.3, 0.4) is 0 Å². The van der Waals surface area contributed by atoms with Crippen molar-refractivity contribution in [3.05, 3.63) is 56.2 Å². The molecule has 2 aliphatic rings. The van der Waals surface area contributed by atoms with Crippen molar-refractivity contribution in [2.75, 3.05) is 50.6 Å². The van der Waals surface area contributed by atoms with Crippen LogP contribution >= 0.6 is 11.6 Å². The first-order chi connectivity index (χ1) is 20.1. The molecule has 0 unspecified atom stereocenters. The van der Waals surface area contributed by atoms with Crippen LogP contribution in [0.2, 0.25) is 5.15 Å². The van der Waals surface area contributed by atoms with E-state index in [1.807, 2.05) is 27.7 Å². The second-order valence-electron chi connectivity index (χ2n) is 10.8. The van der Waals surface area contributed by atoms with E-state index in [-0.39, 0.29) is 41.5 Å². The van der Waals surface area contributed by atoms with Crippen molar-refractivity contribution in [2.24, 2.45) is 0 Å². The van der Waals surface area contributed by atoms with E-state index in [0.717, 1.165) is 30.8 Å². The van der Waals surface area contributed by atoms with Gasteiger partial charge in [0, 0.05) is 40.8 Å². The highest BCUT2D eigenvalue weighted by Crippen LogP contribution is 2.42. The Morgan fingerprint density at radius 2 is 1.90 bits per heavy atom. The number of methoxy groups -OCH3 is 1. The maximum atomic E-state index is 13.9. The molecule has 0 aliphatic carbocycles. The first kappa shape index (κ1) is 29.7. The predicted molar refractivity (Wildman–Crippen MR) is 162 cm³/mol. The van der Waals surface area contributed by atoms with E-state index in [1.165, 1.54) is 17.7 Å². The molecule has 0 aromatic carbocycles. The fourth-order valence-corrected chi connectivity index (χ4v) is 6.07. The number of hydrogen-bond acceptors (Lipinski definition) is 9. The number of Topliss-reactive ketones (excluding diaryl/α,β-unsaturated/α-hetero) is 1. The number of carbonyl (C=O) groups is 2. The largest absolute Gasteiger partial charge is 0.496 e. The molecule has 3 aromatic rings. The standard InChI is InChI=1S/C30H36ClN7O4/c1-16-13-33-22(18(3)26(16)41-5)14-38-28-25(27(31)35-30(32)36-28)20(29(38)40)12-21-17(2)24(19(4)34-21)23(39)15-42-11-10-37-8-6-7-9-37/h12-13,34H,6-11,14-15H2,1-5H3,(H2,32,35,36). The molecule has 2 aliphatic heterocycles. The lowest BCUT2D eigenvalue weighted by molar-refractivity contribution is -0.113. The zero-order chi connectivity index (χ0) is 30.1. The third-order valence-electron chi connectivity index (χ3n) is 7.95. The Bertz CT molecular complexity index is 1580. The molecule has 1 amide bonds. The second-order valence-corrected chi connectivity index (χ2v) is 11.1. The fourth-order valence-electron chi connectivity index (χ4n) is 5.79. The molecule has 1 saturated heterocycles. The van der Waals surface area contributed by atoms with E-state index in [1.54, 1.807) is 19.4 Å². The maximum Gasteiger partial charge on any atom is 0.260 e. The highest BCUT2D eigenvalue weighted by atomic mass is 35.5. The van der Waals surface area contributed by atoms with Gasteiger partial charge in [-0.2, -0.15) is 4.98 Å². The summed E-state index contributed by atoms with van der Waals surface area (Å²) in [6.07, 6.45) is 5.83. The summed E-state index contributed by atoms with van der Waals surface area (Å²) >= 11 is 6.54. The number of nitrogens with two attached hydrogens (primary N) is 1. The number of anilines is 2. The molecule has 0 radical (unpaired) electrons. The Balaban J connectivity index is 1.43. The van der Waals surface area contributed by atoms with Crippen LogP contribution in [0.15, 0.2) is 6.20 Å². The van der Waals surface area contributed by atoms with Gasteiger partial charge in [-0.1, -0.05) is 11.6 Å². The summed E-state index contributed by atoms with van der Waals surface area (Å²) in [6, 6.07) is 0. The molecule has 0 bridgehead atoms. The monoisotopic (exact) mass is 593 g/mol. The van der Waals surface area contributed by atoms with Crippen LogP contribution in [0, 0.1) is 27.7 Å². The van der Waals surface area contributed by atoms with Crippen LogP contribution in [0.4, 0.5) is 11.8 Å². The van der Waals surface area contributed by atoms with Gasteiger partial charge in [-0.3, -0.25) is 19.5 Å². The molecule has 3 aromatic heterocycles. The number of ether oxygens (including phenoxy) is 2. The Kier molecular flexibility index (Phi) is 8.63. The summed E-state index contributed by atoms with van der Waals surface area (Å²) in [5.41, 5.74) is 11.5. The van der Waals surface area contributed by atoms with Gasteiger partial charge in [-0.15, -0.1) is 0 Å². The van der Waals surface area contributed by atoms with Crippen molar-refractivity contribution in [2.45, 2.75) is 47.1 Å². The SMILES string of the molecule is COc1c(C)cnc(CN2C(=O)C(=Cc3[nH]c(C)c(C(=O)COCCN4CCCC4)c3C)c3c(Cl)nc(N)nc32)c1C. The molecule has 222 valence electrons. The Hall–Kier alpha value is -3.80. The summed E-state index contributed by atoms with van der Waals surface area (Å²) in [6.45, 7) is 11.1. The van der Waals surface area contributed by atoms with E-state index in [0.29, 0.717) is 51.9 Å². The lowest BCUT2D eigenvalue weighted by Gasteiger charge is -2.19. The van der Waals surface area contributed by atoms with Gasteiger partial charge in [-0.05, 0) is 65.3 Å². The molecular formula is C30H36ClN7O4. The van der Waals surface area contributed by atoms with E-state index in [2.05, 4.69) is 24.8 Å². The third-order valence-corrected chi connectivity index (χ3v) is 8.22. The van der Waals surface area contributed by atoms with Crippen LogP contribution in [0.1, 0.15) is 62.5 Å². The Morgan fingerprint density at radius 1 is 1.17 bits per heavy atom. The summed E-state index contributed by atoms with van der Waals surface area (Å²) in [5.74, 6) is 0.507. The van der Waals surface area contributed by atoms with Crippen LogP contribution in [-0.2, 0) is 16.1 Å². The minimum Gasteiger partial charge on any atom is -0.496 e. The lowest BCUT2D eigenvalue weighted by Crippen LogP contribution is -2.27. The summed E-state index contributed by atoms with van der Waals surface area (Å²) in [4.78, 5) is 47.2. The van der Waals surface area contributed by atoms with Crippen molar-refractivity contribution >= 4 is 46.7 Å². The van der Waals surface area contributed by atoms with E-state index in [9.17, 15) is 9.59 Å². The first-order valence-corrected chi connectivity index (χ1v) is 14.4. The molecule has 5 rings (SSSR count). The number of rotatable bonds is 10. The van der Waals surface area contributed by atoms with Crippen molar-refractivity contribution in [3.63, 3.8) is 0 Å². The molecular weight excluding hydrogens is 558 g/mol. The van der Waals surface area contributed by atoms with Crippen LogP contribution in [-0.4, -0.2) is 76.5 Å². The fraction of sp³-hybridized carbons (Fsp3) is 0.433. The molecule has 11 nitrogen and oxygen atoms in total. The topological polar surface area (TPSA) is 140 Å². The van der Waals surface area contributed by atoms with Gasteiger partial charge < -0.3 is 25.1 Å². The molecule has 0 spiro atoms. The first-order valence-electron chi connectivity index (χ1n) is 14.0. The second kappa shape index (κ2) is 12.2. The molecule has 42 heavy (non-hydrogen) atoms. The van der Waals surface area contributed by atoms with E-state index in [4.69, 9.17) is 26.8 Å². The minimum absolute atomic E-state index is 0.00969. The van der Waals surface area contributed by atoms with Gasteiger partial charge in [-0.25, -0.2) is 4.98 Å². The number of halogens is 1. The Labute approximate surface area is 250 Å². The zero-order valence-electron chi connectivity index (χ0n) is 24.6. The third kappa shape index (κ3) is 5.64. The van der Waals surface area contributed by atoms with Gasteiger partial charge in [0.1, 0.15) is 17.5 Å². The molecule has 1 fully saturated rings. The number of pyridine rings is 1. The van der Waals surface area contributed by atoms with Crippen molar-refractivity contribution in [1.29, 1.82) is 0 Å². The predicted octanol–water partition coefficient (Wildman–Crippen LogP) is 4.06. The molecule has 3 N–H and O–H groups in total. The van der Waals surface area contributed by atoms with Crippen molar-refractivity contribution < 1.29 is 19.1 Å².